The van der Waals surface area contributed by atoms with Crippen molar-refractivity contribution in [3.8, 4) is 17.0 Å². The summed E-state index contributed by atoms with van der Waals surface area (Å²) in [5, 5.41) is 1.07. The van der Waals surface area contributed by atoms with Crippen LogP contribution in [0.25, 0.3) is 22.0 Å². The molecule has 2 atom stereocenters. The molecule has 1 saturated carbocycles. The van der Waals surface area contributed by atoms with Crippen LogP contribution in [0.2, 0.25) is 0 Å². The van der Waals surface area contributed by atoms with Crippen LogP contribution in [-0.4, -0.2) is 27.2 Å². The molecule has 5 nitrogen and oxygen atoms in total. The number of hydrogen-bond acceptors (Lipinski definition) is 4. The maximum Gasteiger partial charge on any atom is 0.221 e. The van der Waals surface area contributed by atoms with E-state index in [1.807, 2.05) is 32.0 Å². The molecule has 6 heteroatoms. The number of fused-ring (bicyclic) bond motifs is 1. The standard InChI is InChI=1S/C31H37BrN2O3/c1-4-25(35)14-12-23-11-10-22(17-23)7-5-8-26(36)19-34-20-29(28-18-24(32)13-15-30(28)34)27-9-6-16-33-31(27)37-21(2)3/h4,6,9,13,15-16,18,20-23H,1,5,7-8,10-12,14,17,19H2,2-3H3. The Morgan fingerprint density at radius 3 is 2.70 bits per heavy atom. The van der Waals surface area contributed by atoms with Crippen molar-refractivity contribution >= 4 is 38.4 Å². The number of pyridine rings is 1. The van der Waals surface area contributed by atoms with Gasteiger partial charge in [0.25, 0.3) is 0 Å². The molecule has 196 valence electrons. The first kappa shape index (κ1) is 27.3. The highest BCUT2D eigenvalue weighted by Crippen LogP contribution is 2.38. The minimum atomic E-state index is 0.0140. The van der Waals surface area contributed by atoms with E-state index in [2.05, 4.69) is 50.4 Å². The first-order chi connectivity index (χ1) is 17.8. The minimum Gasteiger partial charge on any atom is -0.475 e. The summed E-state index contributed by atoms with van der Waals surface area (Å²) < 4.78 is 9.04. The maximum atomic E-state index is 13.0. The SMILES string of the molecule is C=CC(=O)CCC1CCC(CCCC(=O)Cn2cc(-c3cccnc3OC(C)C)c3cc(Br)ccc32)C1. The Hall–Kier alpha value is -2.73. The second-order valence-electron chi connectivity index (χ2n) is 10.5. The van der Waals surface area contributed by atoms with Gasteiger partial charge in [0.2, 0.25) is 5.88 Å². The predicted molar refractivity (Wildman–Crippen MR) is 153 cm³/mol. The molecule has 0 aliphatic heterocycles. The molecule has 0 radical (unpaired) electrons. The van der Waals surface area contributed by atoms with Crippen molar-refractivity contribution in [3.05, 3.63) is 59.9 Å². The average Bonchev–Trinajstić information content (AvgIpc) is 3.46. The van der Waals surface area contributed by atoms with E-state index in [-0.39, 0.29) is 17.7 Å². The lowest BCUT2D eigenvalue weighted by Gasteiger charge is -2.12. The summed E-state index contributed by atoms with van der Waals surface area (Å²) in [6.07, 6.45) is 13.1. The Kier molecular flexibility index (Phi) is 9.36. The zero-order valence-electron chi connectivity index (χ0n) is 21.9. The van der Waals surface area contributed by atoms with E-state index < -0.39 is 0 Å². The van der Waals surface area contributed by atoms with Crippen LogP contribution >= 0.6 is 15.9 Å². The lowest BCUT2D eigenvalue weighted by atomic mass is 9.95. The lowest BCUT2D eigenvalue weighted by molar-refractivity contribution is -0.119. The normalized spacial score (nSPS) is 17.4. The molecule has 37 heavy (non-hydrogen) atoms. The first-order valence-corrected chi connectivity index (χ1v) is 14.2. The van der Waals surface area contributed by atoms with Crippen LogP contribution in [0.5, 0.6) is 5.88 Å². The molecule has 0 amide bonds. The highest BCUT2D eigenvalue weighted by Gasteiger charge is 2.25. The Morgan fingerprint density at radius 2 is 1.95 bits per heavy atom. The number of Topliss-reactive ketones (excluding diaryl/α,β-unsaturated/α-hetero) is 1. The molecule has 2 heterocycles. The molecule has 1 aromatic carbocycles. The second kappa shape index (κ2) is 12.7. The van der Waals surface area contributed by atoms with Crippen molar-refractivity contribution < 1.29 is 14.3 Å². The Morgan fingerprint density at radius 1 is 1.16 bits per heavy atom. The van der Waals surface area contributed by atoms with Gasteiger partial charge in [-0.2, -0.15) is 0 Å². The predicted octanol–water partition coefficient (Wildman–Crippen LogP) is 7.94. The van der Waals surface area contributed by atoms with Crippen LogP contribution in [0.1, 0.15) is 65.2 Å². The van der Waals surface area contributed by atoms with Gasteiger partial charge < -0.3 is 9.30 Å². The molecule has 0 spiro atoms. The fourth-order valence-corrected chi connectivity index (χ4v) is 5.90. The Bertz CT molecular complexity index is 1260. The van der Waals surface area contributed by atoms with Gasteiger partial charge in [-0.25, -0.2) is 4.98 Å². The molecule has 0 bridgehead atoms. The Balaban J connectivity index is 1.40. The molecule has 2 unspecified atom stereocenters. The highest BCUT2D eigenvalue weighted by atomic mass is 79.9. The van der Waals surface area contributed by atoms with Crippen LogP contribution < -0.4 is 4.74 Å². The maximum absolute atomic E-state index is 13.0. The third-order valence-electron chi connectivity index (χ3n) is 7.34. The van der Waals surface area contributed by atoms with E-state index in [4.69, 9.17) is 4.74 Å². The number of ketones is 2. The van der Waals surface area contributed by atoms with Gasteiger partial charge in [0.15, 0.2) is 11.6 Å². The van der Waals surface area contributed by atoms with Gasteiger partial charge in [0, 0.05) is 51.7 Å². The minimum absolute atomic E-state index is 0.0140. The largest absolute Gasteiger partial charge is 0.475 e. The van der Waals surface area contributed by atoms with Crippen molar-refractivity contribution in [3.63, 3.8) is 0 Å². The number of carbonyl (C=O) groups is 2. The van der Waals surface area contributed by atoms with Crippen molar-refractivity contribution in [2.24, 2.45) is 11.8 Å². The molecule has 1 aliphatic carbocycles. The second-order valence-corrected chi connectivity index (χ2v) is 11.5. The zero-order valence-corrected chi connectivity index (χ0v) is 23.5. The van der Waals surface area contributed by atoms with Gasteiger partial charge in [-0.1, -0.05) is 41.8 Å². The van der Waals surface area contributed by atoms with Gasteiger partial charge >= 0.3 is 0 Å². The topological polar surface area (TPSA) is 61.2 Å². The number of allylic oxidation sites excluding steroid dienone is 1. The van der Waals surface area contributed by atoms with Gasteiger partial charge in [-0.05, 0) is 81.4 Å². The van der Waals surface area contributed by atoms with Crippen LogP contribution in [0.4, 0.5) is 0 Å². The molecule has 4 rings (SSSR count). The number of carbonyl (C=O) groups excluding carboxylic acids is 2. The molecule has 1 fully saturated rings. The third-order valence-corrected chi connectivity index (χ3v) is 7.84. The van der Waals surface area contributed by atoms with E-state index in [0.717, 1.165) is 45.8 Å². The molecule has 1 aliphatic rings. The van der Waals surface area contributed by atoms with E-state index >= 15 is 0 Å². The van der Waals surface area contributed by atoms with Crippen molar-refractivity contribution in [2.45, 2.75) is 77.9 Å². The molecule has 2 aromatic heterocycles. The average molecular weight is 566 g/mol. The lowest BCUT2D eigenvalue weighted by Crippen LogP contribution is -2.09. The molecular weight excluding hydrogens is 528 g/mol. The number of halogens is 1. The number of nitrogens with zero attached hydrogens (tertiary/aromatic N) is 2. The first-order valence-electron chi connectivity index (χ1n) is 13.4. The van der Waals surface area contributed by atoms with Crippen LogP contribution in [0.3, 0.4) is 0 Å². The van der Waals surface area contributed by atoms with Gasteiger partial charge in [0.05, 0.1) is 12.6 Å². The Labute approximate surface area is 228 Å². The van der Waals surface area contributed by atoms with E-state index in [1.54, 1.807) is 6.20 Å². The van der Waals surface area contributed by atoms with Gasteiger partial charge in [0.1, 0.15) is 0 Å². The summed E-state index contributed by atoms with van der Waals surface area (Å²) in [6, 6.07) is 10.1. The number of hydrogen-bond donors (Lipinski definition) is 0. The van der Waals surface area contributed by atoms with Crippen LogP contribution in [0.15, 0.2) is 59.9 Å². The summed E-state index contributed by atoms with van der Waals surface area (Å²) >= 11 is 3.60. The molecule has 0 N–H and O–H groups in total. The number of aromatic nitrogens is 2. The number of benzene rings is 1. The van der Waals surface area contributed by atoms with Gasteiger partial charge in [-0.3, -0.25) is 9.59 Å². The summed E-state index contributed by atoms with van der Waals surface area (Å²) in [6.45, 7) is 7.91. The van der Waals surface area contributed by atoms with Crippen LogP contribution in [-0.2, 0) is 16.1 Å². The summed E-state index contributed by atoms with van der Waals surface area (Å²) in [5.41, 5.74) is 2.97. The smallest absolute Gasteiger partial charge is 0.221 e. The summed E-state index contributed by atoms with van der Waals surface area (Å²) in [7, 11) is 0. The zero-order chi connectivity index (χ0) is 26.4. The van der Waals surface area contributed by atoms with Crippen molar-refractivity contribution in [1.29, 1.82) is 0 Å². The third kappa shape index (κ3) is 7.19. The number of ether oxygens (including phenoxy) is 1. The molecule has 0 saturated heterocycles. The summed E-state index contributed by atoms with van der Waals surface area (Å²) in [5.74, 6) is 2.33. The van der Waals surface area contributed by atoms with E-state index in [9.17, 15) is 9.59 Å². The van der Waals surface area contributed by atoms with Crippen LogP contribution in [0, 0.1) is 11.8 Å². The van der Waals surface area contributed by atoms with Crippen molar-refractivity contribution in [2.75, 3.05) is 0 Å². The van der Waals surface area contributed by atoms with Gasteiger partial charge in [-0.15, -0.1) is 0 Å². The fourth-order valence-electron chi connectivity index (χ4n) is 5.54. The molecular formula is C31H37BrN2O3. The number of rotatable bonds is 13. The monoisotopic (exact) mass is 564 g/mol. The molecule has 3 aromatic rings. The van der Waals surface area contributed by atoms with Crippen molar-refractivity contribution in [1.82, 2.24) is 9.55 Å². The van der Waals surface area contributed by atoms with E-state index in [1.165, 1.54) is 25.3 Å². The highest BCUT2D eigenvalue weighted by molar-refractivity contribution is 9.10. The summed E-state index contributed by atoms with van der Waals surface area (Å²) in [4.78, 5) is 29.0. The quantitative estimate of drug-likeness (QED) is 0.197. The van der Waals surface area contributed by atoms with E-state index in [0.29, 0.717) is 37.1 Å². The fraction of sp³-hybridized carbons (Fsp3) is 0.452.